The van der Waals surface area contributed by atoms with E-state index in [-0.39, 0.29) is 22.4 Å². The first kappa shape index (κ1) is 21.4. The van der Waals surface area contributed by atoms with E-state index in [2.05, 4.69) is 5.32 Å². The van der Waals surface area contributed by atoms with Crippen molar-refractivity contribution in [3.63, 3.8) is 0 Å². The molecule has 7 nitrogen and oxygen atoms in total. The minimum Gasteiger partial charge on any atom is -0.495 e. The number of sulfonamides is 1. The number of carbonyl (C=O) groups is 1. The highest BCUT2D eigenvalue weighted by molar-refractivity contribution is 7.89. The first-order chi connectivity index (χ1) is 13.9. The van der Waals surface area contributed by atoms with Gasteiger partial charge in [0.1, 0.15) is 11.5 Å². The van der Waals surface area contributed by atoms with Gasteiger partial charge in [0.05, 0.1) is 35.7 Å². The molecule has 0 aliphatic carbocycles. The highest BCUT2D eigenvalue weighted by atomic mass is 35.5. The number of piperidine rings is 1. The highest BCUT2D eigenvalue weighted by Crippen LogP contribution is 2.31. The lowest BCUT2D eigenvalue weighted by molar-refractivity contribution is -0.120. The minimum atomic E-state index is -3.77. The zero-order chi connectivity index (χ0) is 21.0. The van der Waals surface area contributed by atoms with Crippen LogP contribution in [0.2, 0.25) is 5.02 Å². The molecule has 1 atom stereocenters. The lowest BCUT2D eigenvalue weighted by atomic mass is 9.98. The molecule has 0 radical (unpaired) electrons. The molecule has 1 amide bonds. The van der Waals surface area contributed by atoms with Gasteiger partial charge in [0, 0.05) is 13.1 Å². The first-order valence-electron chi connectivity index (χ1n) is 9.14. The molecule has 1 heterocycles. The average Bonchev–Trinajstić information content (AvgIpc) is 2.74. The van der Waals surface area contributed by atoms with Gasteiger partial charge in [-0.25, -0.2) is 8.42 Å². The molecule has 0 unspecified atom stereocenters. The fourth-order valence-corrected chi connectivity index (χ4v) is 5.19. The maximum Gasteiger partial charge on any atom is 0.243 e. The van der Waals surface area contributed by atoms with Crippen molar-refractivity contribution in [2.24, 2.45) is 5.92 Å². The Labute approximate surface area is 175 Å². The second kappa shape index (κ2) is 9.02. The normalized spacial score (nSPS) is 17.6. The molecular weight excluding hydrogens is 416 g/mol. The van der Waals surface area contributed by atoms with E-state index in [0.717, 1.165) is 0 Å². The molecule has 1 N–H and O–H groups in total. The summed E-state index contributed by atoms with van der Waals surface area (Å²) in [5.41, 5.74) is 0.557. The largest absolute Gasteiger partial charge is 0.495 e. The molecule has 29 heavy (non-hydrogen) atoms. The Balaban J connectivity index is 1.76. The van der Waals surface area contributed by atoms with Gasteiger partial charge in [-0.15, -0.1) is 0 Å². The van der Waals surface area contributed by atoms with E-state index in [1.54, 1.807) is 18.2 Å². The Kier molecular flexibility index (Phi) is 6.66. The second-order valence-corrected chi connectivity index (χ2v) is 9.03. The average molecular weight is 439 g/mol. The van der Waals surface area contributed by atoms with Gasteiger partial charge in [-0.1, -0.05) is 23.7 Å². The number of rotatable bonds is 6. The van der Waals surface area contributed by atoms with Crippen LogP contribution in [0.15, 0.2) is 47.4 Å². The van der Waals surface area contributed by atoms with E-state index < -0.39 is 15.9 Å². The van der Waals surface area contributed by atoms with Crippen molar-refractivity contribution in [2.75, 3.05) is 32.6 Å². The summed E-state index contributed by atoms with van der Waals surface area (Å²) in [6.07, 6.45) is 1.20. The number of hydrogen-bond acceptors (Lipinski definition) is 5. The molecule has 0 spiro atoms. The van der Waals surface area contributed by atoms with Crippen molar-refractivity contribution in [1.82, 2.24) is 4.31 Å². The lowest BCUT2D eigenvalue weighted by Gasteiger charge is -2.31. The number of anilines is 1. The van der Waals surface area contributed by atoms with Crippen LogP contribution in [-0.4, -0.2) is 45.9 Å². The number of amides is 1. The smallest absolute Gasteiger partial charge is 0.243 e. The van der Waals surface area contributed by atoms with Crippen molar-refractivity contribution in [2.45, 2.75) is 17.7 Å². The van der Waals surface area contributed by atoms with Crippen LogP contribution in [0.4, 0.5) is 5.69 Å². The predicted octanol–water partition coefficient (Wildman–Crippen LogP) is 3.40. The Morgan fingerprint density at radius 3 is 2.55 bits per heavy atom. The quantitative estimate of drug-likeness (QED) is 0.747. The van der Waals surface area contributed by atoms with E-state index in [9.17, 15) is 13.2 Å². The van der Waals surface area contributed by atoms with Crippen LogP contribution in [0.25, 0.3) is 0 Å². The van der Waals surface area contributed by atoms with Gasteiger partial charge in [0.2, 0.25) is 15.9 Å². The lowest BCUT2D eigenvalue weighted by Crippen LogP contribution is -2.43. The standard InChI is InChI=1S/C20H23ClN2O5S/c1-27-18-10-9-15(12-16(18)21)29(25,26)23-11-5-6-14(13-23)20(24)22-17-7-3-4-8-19(17)28-2/h3-4,7-10,12,14H,5-6,11,13H2,1-2H3,(H,22,24)/t14-/m1/s1. The van der Waals surface area contributed by atoms with E-state index in [1.807, 2.05) is 6.07 Å². The minimum absolute atomic E-state index is 0.0779. The number of methoxy groups -OCH3 is 2. The first-order valence-corrected chi connectivity index (χ1v) is 11.0. The Bertz CT molecular complexity index is 996. The van der Waals surface area contributed by atoms with Gasteiger partial charge < -0.3 is 14.8 Å². The number of benzene rings is 2. The molecule has 9 heteroatoms. The summed E-state index contributed by atoms with van der Waals surface area (Å²) in [5.74, 6) is 0.256. The second-order valence-electron chi connectivity index (χ2n) is 6.69. The highest BCUT2D eigenvalue weighted by Gasteiger charge is 2.33. The van der Waals surface area contributed by atoms with Crippen LogP contribution in [0.1, 0.15) is 12.8 Å². The molecule has 3 rings (SSSR count). The van der Waals surface area contributed by atoms with Gasteiger partial charge in [-0.05, 0) is 43.2 Å². The SMILES string of the molecule is COc1ccc(S(=O)(=O)N2CCC[C@@H](C(=O)Nc3ccccc3OC)C2)cc1Cl. The van der Waals surface area contributed by atoms with Gasteiger partial charge in [0.25, 0.3) is 0 Å². The summed E-state index contributed by atoms with van der Waals surface area (Å²) in [7, 11) is -0.782. The topological polar surface area (TPSA) is 84.9 Å². The summed E-state index contributed by atoms with van der Waals surface area (Å²) in [6, 6.07) is 11.4. The van der Waals surface area contributed by atoms with Crippen LogP contribution in [0.3, 0.4) is 0 Å². The Morgan fingerprint density at radius 1 is 1.14 bits per heavy atom. The van der Waals surface area contributed by atoms with Gasteiger partial charge in [0.15, 0.2) is 0 Å². The van der Waals surface area contributed by atoms with E-state index >= 15 is 0 Å². The monoisotopic (exact) mass is 438 g/mol. The van der Waals surface area contributed by atoms with Crippen LogP contribution >= 0.6 is 11.6 Å². The van der Waals surface area contributed by atoms with E-state index in [0.29, 0.717) is 36.6 Å². The van der Waals surface area contributed by atoms with Crippen molar-refractivity contribution >= 4 is 33.2 Å². The molecule has 0 bridgehead atoms. The van der Waals surface area contributed by atoms with Crippen molar-refractivity contribution < 1.29 is 22.7 Å². The third-order valence-electron chi connectivity index (χ3n) is 4.88. The Morgan fingerprint density at radius 2 is 1.86 bits per heavy atom. The van der Waals surface area contributed by atoms with E-state index in [1.165, 1.54) is 36.7 Å². The maximum atomic E-state index is 13.0. The van der Waals surface area contributed by atoms with Crippen LogP contribution in [0.5, 0.6) is 11.5 Å². The fraction of sp³-hybridized carbons (Fsp3) is 0.350. The van der Waals surface area contributed by atoms with Crippen LogP contribution < -0.4 is 14.8 Å². The molecule has 1 aliphatic rings. The molecule has 0 aromatic heterocycles. The number of halogens is 1. The molecule has 1 fully saturated rings. The summed E-state index contributed by atoms with van der Waals surface area (Å²) >= 11 is 6.09. The zero-order valence-corrected chi connectivity index (χ0v) is 17.8. The molecule has 156 valence electrons. The van der Waals surface area contributed by atoms with Crippen LogP contribution in [0, 0.1) is 5.92 Å². The summed E-state index contributed by atoms with van der Waals surface area (Å²) in [6.45, 7) is 0.456. The molecule has 2 aromatic rings. The van der Waals surface area contributed by atoms with Crippen molar-refractivity contribution in [1.29, 1.82) is 0 Å². The summed E-state index contributed by atoms with van der Waals surface area (Å²) in [5, 5.41) is 3.06. The number of hydrogen-bond donors (Lipinski definition) is 1. The maximum absolute atomic E-state index is 13.0. The van der Waals surface area contributed by atoms with Gasteiger partial charge in [-0.2, -0.15) is 4.31 Å². The number of nitrogens with zero attached hydrogens (tertiary/aromatic N) is 1. The third-order valence-corrected chi connectivity index (χ3v) is 7.04. The van der Waals surface area contributed by atoms with Gasteiger partial charge in [-0.3, -0.25) is 4.79 Å². The summed E-state index contributed by atoms with van der Waals surface area (Å²) < 4.78 is 37.7. The van der Waals surface area contributed by atoms with Gasteiger partial charge >= 0.3 is 0 Å². The van der Waals surface area contributed by atoms with E-state index in [4.69, 9.17) is 21.1 Å². The number of para-hydroxylation sites is 2. The zero-order valence-electron chi connectivity index (χ0n) is 16.2. The molecule has 0 saturated carbocycles. The molecular formula is C20H23ClN2O5S. The molecule has 1 saturated heterocycles. The number of ether oxygens (including phenoxy) is 2. The molecule has 2 aromatic carbocycles. The fourth-order valence-electron chi connectivity index (χ4n) is 3.31. The predicted molar refractivity (Wildman–Crippen MR) is 111 cm³/mol. The molecule has 1 aliphatic heterocycles. The Hall–Kier alpha value is -2.29. The summed E-state index contributed by atoms with van der Waals surface area (Å²) in [4.78, 5) is 12.8. The van der Waals surface area contributed by atoms with Crippen LogP contribution in [-0.2, 0) is 14.8 Å². The number of carbonyl (C=O) groups excluding carboxylic acids is 1. The third kappa shape index (κ3) is 4.66. The number of nitrogens with one attached hydrogen (secondary N) is 1. The van der Waals surface area contributed by atoms with Crippen molar-refractivity contribution in [3.8, 4) is 11.5 Å². The van der Waals surface area contributed by atoms with Crippen molar-refractivity contribution in [3.05, 3.63) is 47.5 Å².